The van der Waals surface area contributed by atoms with Crippen LogP contribution in [0.5, 0.6) is 0 Å². The maximum absolute atomic E-state index is 5.99. The summed E-state index contributed by atoms with van der Waals surface area (Å²) in [6, 6.07) is 0. The Morgan fingerprint density at radius 3 is 2.60 bits per heavy atom. The average molecular weight is 212 g/mol. The van der Waals surface area contributed by atoms with Crippen molar-refractivity contribution in [2.45, 2.75) is 45.4 Å². The van der Waals surface area contributed by atoms with Gasteiger partial charge in [-0.2, -0.15) is 0 Å². The molecule has 0 aromatic rings. The molecule has 2 rings (SSSR count). The lowest BCUT2D eigenvalue weighted by Crippen LogP contribution is -2.51. The van der Waals surface area contributed by atoms with Gasteiger partial charge < -0.3 is 9.64 Å². The van der Waals surface area contributed by atoms with Gasteiger partial charge in [-0.05, 0) is 40.3 Å². The van der Waals surface area contributed by atoms with Crippen molar-refractivity contribution in [2.75, 3.05) is 26.2 Å². The summed E-state index contributed by atoms with van der Waals surface area (Å²) in [4.78, 5) is 2.51. The molecule has 15 heavy (non-hydrogen) atoms. The molecule has 2 fully saturated rings. The lowest BCUT2D eigenvalue weighted by molar-refractivity contribution is -0.0394. The topological polar surface area (TPSA) is 24.5 Å². The van der Waals surface area contributed by atoms with Gasteiger partial charge in [-0.15, -0.1) is 0 Å². The zero-order valence-corrected chi connectivity index (χ0v) is 10.5. The minimum Gasteiger partial charge on any atom is -0.359 e. The largest absolute Gasteiger partial charge is 0.359 e. The Bertz CT molecular complexity index is 242. The predicted octanol–water partition coefficient (Wildman–Crippen LogP) is 1.44. The van der Waals surface area contributed by atoms with Crippen molar-refractivity contribution in [3.63, 3.8) is 0 Å². The van der Waals surface area contributed by atoms with E-state index in [-0.39, 0.29) is 11.3 Å². The molecular weight excluding hydrogens is 188 g/mol. The van der Waals surface area contributed by atoms with E-state index in [0.29, 0.717) is 5.92 Å². The van der Waals surface area contributed by atoms with E-state index in [1.807, 2.05) is 0 Å². The third-order valence-corrected chi connectivity index (χ3v) is 3.82. The second-order valence-electron chi connectivity index (χ2n) is 5.78. The summed E-state index contributed by atoms with van der Waals surface area (Å²) in [6.07, 6.45) is 1.26. The monoisotopic (exact) mass is 212 g/mol. The van der Waals surface area contributed by atoms with E-state index in [0.717, 1.165) is 13.2 Å². The molecule has 0 amide bonds. The van der Waals surface area contributed by atoms with Crippen LogP contribution >= 0.6 is 0 Å². The summed E-state index contributed by atoms with van der Waals surface area (Å²) in [5.41, 5.74) is 0.0296. The van der Waals surface area contributed by atoms with Gasteiger partial charge in [-0.3, -0.25) is 5.32 Å². The summed E-state index contributed by atoms with van der Waals surface area (Å²) < 4.78 is 5.99. The molecule has 1 N–H and O–H groups in total. The van der Waals surface area contributed by atoms with Gasteiger partial charge in [-0.25, -0.2) is 0 Å². The standard InChI is InChI=1S/C12H24N2O/c1-5-14-7-6-10(8-14)12(4)13-11(2,3)9-15-12/h10,13H,5-9H2,1-4H3. The zero-order valence-electron chi connectivity index (χ0n) is 10.5. The Hall–Kier alpha value is -0.120. The molecule has 0 aromatic carbocycles. The quantitative estimate of drug-likeness (QED) is 0.749. The highest BCUT2D eigenvalue weighted by molar-refractivity contribution is 4.98. The Kier molecular flexibility index (Phi) is 2.82. The first-order valence-electron chi connectivity index (χ1n) is 6.11. The lowest BCUT2D eigenvalue weighted by Gasteiger charge is -2.32. The molecule has 0 radical (unpaired) electrons. The molecular formula is C12H24N2O. The second kappa shape index (κ2) is 3.72. The molecule has 0 aromatic heterocycles. The van der Waals surface area contributed by atoms with Crippen LogP contribution in [0.3, 0.4) is 0 Å². The average Bonchev–Trinajstić information content (AvgIpc) is 2.71. The van der Waals surface area contributed by atoms with Crippen molar-refractivity contribution in [1.29, 1.82) is 0 Å². The van der Waals surface area contributed by atoms with Crippen LogP contribution < -0.4 is 5.32 Å². The fourth-order valence-corrected chi connectivity index (χ4v) is 2.86. The van der Waals surface area contributed by atoms with Gasteiger partial charge in [0, 0.05) is 18.0 Å². The van der Waals surface area contributed by atoms with Gasteiger partial charge >= 0.3 is 0 Å². The van der Waals surface area contributed by atoms with Crippen molar-refractivity contribution in [3.8, 4) is 0 Å². The van der Waals surface area contributed by atoms with Gasteiger partial charge in [0.15, 0.2) is 0 Å². The van der Waals surface area contributed by atoms with Crippen LogP contribution in [0.2, 0.25) is 0 Å². The molecule has 0 spiro atoms. The molecule has 0 bridgehead atoms. The number of likely N-dealkylation sites (tertiary alicyclic amines) is 1. The molecule has 2 heterocycles. The highest BCUT2D eigenvalue weighted by Crippen LogP contribution is 2.34. The SMILES string of the molecule is CCN1CCC(C2(C)NC(C)(C)CO2)C1. The highest BCUT2D eigenvalue weighted by Gasteiger charge is 2.47. The van der Waals surface area contributed by atoms with Crippen molar-refractivity contribution >= 4 is 0 Å². The van der Waals surface area contributed by atoms with Crippen LogP contribution in [0.4, 0.5) is 0 Å². The summed E-state index contributed by atoms with van der Waals surface area (Å²) in [5.74, 6) is 0.638. The summed E-state index contributed by atoms with van der Waals surface area (Å²) in [5, 5.41) is 3.64. The number of nitrogens with zero attached hydrogens (tertiary/aromatic N) is 1. The Balaban J connectivity index is 1.99. The van der Waals surface area contributed by atoms with E-state index < -0.39 is 0 Å². The molecule has 2 atom stereocenters. The maximum Gasteiger partial charge on any atom is 0.121 e. The third-order valence-electron chi connectivity index (χ3n) is 3.82. The van der Waals surface area contributed by atoms with Crippen LogP contribution in [0.1, 0.15) is 34.1 Å². The van der Waals surface area contributed by atoms with Crippen LogP contribution in [-0.4, -0.2) is 42.4 Å². The van der Waals surface area contributed by atoms with Gasteiger partial charge in [-0.1, -0.05) is 6.92 Å². The summed E-state index contributed by atoms with van der Waals surface area (Å²) >= 11 is 0. The van der Waals surface area contributed by atoms with Gasteiger partial charge in [0.2, 0.25) is 0 Å². The molecule has 2 saturated heterocycles. The molecule has 0 saturated carbocycles. The molecule has 2 aliphatic heterocycles. The van der Waals surface area contributed by atoms with Crippen LogP contribution in [0.25, 0.3) is 0 Å². The van der Waals surface area contributed by atoms with E-state index in [1.54, 1.807) is 0 Å². The molecule has 3 heteroatoms. The van der Waals surface area contributed by atoms with E-state index in [9.17, 15) is 0 Å². The molecule has 0 aliphatic carbocycles. The van der Waals surface area contributed by atoms with Gasteiger partial charge in [0.05, 0.1) is 6.61 Å². The van der Waals surface area contributed by atoms with E-state index >= 15 is 0 Å². The molecule has 88 valence electrons. The third kappa shape index (κ3) is 2.19. The zero-order chi connectivity index (χ0) is 11.1. The first-order valence-corrected chi connectivity index (χ1v) is 6.11. The van der Waals surface area contributed by atoms with E-state index in [2.05, 4.69) is 37.9 Å². The van der Waals surface area contributed by atoms with Gasteiger partial charge in [0.1, 0.15) is 5.72 Å². The van der Waals surface area contributed by atoms with Crippen molar-refractivity contribution in [1.82, 2.24) is 10.2 Å². The van der Waals surface area contributed by atoms with E-state index in [1.165, 1.54) is 19.5 Å². The van der Waals surface area contributed by atoms with E-state index in [4.69, 9.17) is 4.74 Å². The smallest absolute Gasteiger partial charge is 0.121 e. The molecule has 2 unspecified atom stereocenters. The second-order valence-corrected chi connectivity index (χ2v) is 5.78. The number of ether oxygens (including phenoxy) is 1. The minimum atomic E-state index is -0.104. The minimum absolute atomic E-state index is 0.104. The van der Waals surface area contributed by atoms with Crippen LogP contribution in [-0.2, 0) is 4.74 Å². The number of rotatable bonds is 2. The summed E-state index contributed by atoms with van der Waals surface area (Å²) in [7, 11) is 0. The van der Waals surface area contributed by atoms with Crippen molar-refractivity contribution in [3.05, 3.63) is 0 Å². The van der Waals surface area contributed by atoms with Crippen molar-refractivity contribution < 1.29 is 4.74 Å². The molecule has 3 nitrogen and oxygen atoms in total. The Morgan fingerprint density at radius 2 is 2.13 bits per heavy atom. The fourth-order valence-electron chi connectivity index (χ4n) is 2.86. The first kappa shape index (κ1) is 11.4. The first-order chi connectivity index (χ1) is 6.95. The number of hydrogen-bond acceptors (Lipinski definition) is 3. The predicted molar refractivity (Wildman–Crippen MR) is 61.8 cm³/mol. The van der Waals surface area contributed by atoms with Crippen molar-refractivity contribution in [2.24, 2.45) is 5.92 Å². The molecule has 2 aliphatic rings. The normalized spacial score (nSPS) is 41.2. The summed E-state index contributed by atoms with van der Waals surface area (Å²) in [6.45, 7) is 13.3. The van der Waals surface area contributed by atoms with Crippen LogP contribution in [0.15, 0.2) is 0 Å². The van der Waals surface area contributed by atoms with Crippen LogP contribution in [0, 0.1) is 5.92 Å². The van der Waals surface area contributed by atoms with Gasteiger partial charge in [0.25, 0.3) is 0 Å². The lowest BCUT2D eigenvalue weighted by atomic mass is 9.95. The maximum atomic E-state index is 5.99. The highest BCUT2D eigenvalue weighted by atomic mass is 16.5. The Morgan fingerprint density at radius 1 is 1.40 bits per heavy atom. The fraction of sp³-hybridized carbons (Fsp3) is 1.00. The number of nitrogens with one attached hydrogen (secondary N) is 1. The Labute approximate surface area is 93.2 Å². The number of hydrogen-bond donors (Lipinski definition) is 1.